The molecule has 1 unspecified atom stereocenters. The molecule has 0 saturated heterocycles. The van der Waals surface area contributed by atoms with Gasteiger partial charge < -0.3 is 9.84 Å². The van der Waals surface area contributed by atoms with E-state index in [1.807, 2.05) is 35.6 Å². The number of anilines is 1. The maximum atomic E-state index is 13.2. The molecule has 9 nitrogen and oxygen atoms in total. The zero-order valence-electron chi connectivity index (χ0n) is 18.5. The Morgan fingerprint density at radius 2 is 2.03 bits per heavy atom. The van der Waals surface area contributed by atoms with Crippen molar-refractivity contribution in [3.63, 3.8) is 0 Å². The molecule has 0 radical (unpaired) electrons. The first-order valence-corrected chi connectivity index (χ1v) is 11.5. The highest BCUT2D eigenvalue weighted by molar-refractivity contribution is 8.00. The number of nitrogens with zero attached hydrogens (tertiary/aromatic N) is 5. The number of thioether (sulfide) groups is 1. The van der Waals surface area contributed by atoms with Gasteiger partial charge in [-0.15, -0.1) is 10.2 Å². The molecule has 0 aliphatic heterocycles. The third kappa shape index (κ3) is 4.27. The van der Waals surface area contributed by atoms with Crippen LogP contribution in [0.1, 0.15) is 39.4 Å². The van der Waals surface area contributed by atoms with Crippen LogP contribution in [0.5, 0.6) is 0 Å². The summed E-state index contributed by atoms with van der Waals surface area (Å²) in [5, 5.41) is 16.1. The lowest BCUT2D eigenvalue weighted by Gasteiger charge is -2.14. The molecule has 0 aliphatic rings. The Bertz CT molecular complexity index is 1320. The summed E-state index contributed by atoms with van der Waals surface area (Å²) in [4.78, 5) is 26.0. The molecule has 3 heterocycles. The Kier molecular flexibility index (Phi) is 6.31. The van der Waals surface area contributed by atoms with Gasteiger partial charge in [-0.2, -0.15) is 0 Å². The topological polar surface area (TPSA) is 107 Å². The fourth-order valence-electron chi connectivity index (χ4n) is 3.48. The third-order valence-electron chi connectivity index (χ3n) is 5.20. The zero-order valence-corrected chi connectivity index (χ0v) is 19.3. The number of benzene rings is 1. The molecule has 0 bridgehead atoms. The van der Waals surface area contributed by atoms with Crippen LogP contribution >= 0.6 is 11.8 Å². The molecule has 0 spiro atoms. The maximum Gasteiger partial charge on any atom is 0.262 e. The summed E-state index contributed by atoms with van der Waals surface area (Å²) in [6.45, 7) is 8.49. The predicted octanol–water partition coefficient (Wildman–Crippen LogP) is 3.90. The Balaban J connectivity index is 1.74. The number of hydrogen-bond acceptors (Lipinski definition) is 7. The molecule has 10 heteroatoms. The van der Waals surface area contributed by atoms with Crippen molar-refractivity contribution in [1.29, 1.82) is 0 Å². The molecule has 1 N–H and O–H groups in total. The van der Waals surface area contributed by atoms with E-state index in [-0.39, 0.29) is 11.5 Å². The summed E-state index contributed by atoms with van der Waals surface area (Å²) in [6, 6.07) is 9.09. The van der Waals surface area contributed by atoms with Crippen molar-refractivity contribution < 1.29 is 9.32 Å². The quantitative estimate of drug-likeness (QED) is 0.402. The number of hydrogen-bond donors (Lipinski definition) is 1. The second-order valence-electron chi connectivity index (χ2n) is 8.10. The van der Waals surface area contributed by atoms with Crippen LogP contribution in [0.4, 0.5) is 5.82 Å². The van der Waals surface area contributed by atoms with Crippen LogP contribution in [-0.4, -0.2) is 35.5 Å². The van der Waals surface area contributed by atoms with Crippen molar-refractivity contribution >= 4 is 40.2 Å². The van der Waals surface area contributed by atoms with Crippen LogP contribution in [0.15, 0.2) is 44.8 Å². The van der Waals surface area contributed by atoms with Gasteiger partial charge in [0.15, 0.2) is 11.0 Å². The second kappa shape index (κ2) is 9.15. The Labute approximate surface area is 189 Å². The average Bonchev–Trinajstić information content (AvgIpc) is 3.37. The van der Waals surface area contributed by atoms with Gasteiger partial charge in [0.1, 0.15) is 5.76 Å². The monoisotopic (exact) mass is 454 g/mol. The number of aryl methyl sites for hydroxylation is 2. The van der Waals surface area contributed by atoms with E-state index in [0.717, 1.165) is 11.9 Å². The predicted molar refractivity (Wildman–Crippen MR) is 124 cm³/mol. The molecular weight excluding hydrogens is 428 g/mol. The van der Waals surface area contributed by atoms with Crippen LogP contribution in [-0.2, 0) is 11.3 Å². The van der Waals surface area contributed by atoms with Crippen molar-refractivity contribution in [2.45, 2.75) is 57.5 Å². The summed E-state index contributed by atoms with van der Waals surface area (Å²) >= 11 is 1.32. The third-order valence-corrected chi connectivity index (χ3v) is 6.51. The van der Waals surface area contributed by atoms with Crippen molar-refractivity contribution in [2.75, 3.05) is 5.32 Å². The summed E-state index contributed by atoms with van der Waals surface area (Å²) < 4.78 is 8.58. The zero-order chi connectivity index (χ0) is 22.8. The molecule has 4 aromatic rings. The van der Waals surface area contributed by atoms with Crippen LogP contribution in [0.25, 0.3) is 16.7 Å². The number of carbonyl (C=O) groups excluding carboxylic acids is 1. The summed E-state index contributed by atoms with van der Waals surface area (Å²) in [7, 11) is 0. The number of carbonyl (C=O) groups is 1. The van der Waals surface area contributed by atoms with E-state index in [1.165, 1.54) is 11.8 Å². The van der Waals surface area contributed by atoms with Gasteiger partial charge in [-0.1, -0.05) is 49.8 Å². The lowest BCUT2D eigenvalue weighted by molar-refractivity contribution is -0.115. The fourth-order valence-corrected chi connectivity index (χ4v) is 4.44. The van der Waals surface area contributed by atoms with Crippen LogP contribution in [0, 0.1) is 12.8 Å². The molecule has 168 valence electrons. The Morgan fingerprint density at radius 3 is 2.72 bits per heavy atom. The van der Waals surface area contributed by atoms with Crippen molar-refractivity contribution in [2.24, 2.45) is 5.92 Å². The van der Waals surface area contributed by atoms with Crippen LogP contribution in [0.2, 0.25) is 0 Å². The number of fused-ring (bicyclic) bond motifs is 3. The molecule has 32 heavy (non-hydrogen) atoms. The molecule has 0 saturated carbocycles. The SMILES string of the molecule is CCC(Sc1nnc2n(CCC(C)C)c(=O)c3ccccc3n12)C(=O)Nc1cc(C)on1. The number of rotatable bonds is 8. The second-order valence-corrected chi connectivity index (χ2v) is 9.27. The highest BCUT2D eigenvalue weighted by Crippen LogP contribution is 2.28. The standard InChI is InChI=1S/C22H26N6O3S/c1-5-17(19(29)23-18-12-14(4)31-26-18)32-22-25-24-21-27(11-10-13(2)3)20(30)15-8-6-7-9-16(15)28(21)22/h6-9,12-13,17H,5,10-11H2,1-4H3,(H,23,26,29). The Morgan fingerprint density at radius 1 is 1.25 bits per heavy atom. The largest absolute Gasteiger partial charge is 0.360 e. The van der Waals surface area contributed by atoms with Gasteiger partial charge in [-0.05, 0) is 37.8 Å². The first-order chi connectivity index (χ1) is 15.4. The molecule has 1 amide bonds. The van der Waals surface area contributed by atoms with E-state index in [1.54, 1.807) is 17.6 Å². The van der Waals surface area contributed by atoms with Gasteiger partial charge in [0, 0.05) is 12.6 Å². The smallest absolute Gasteiger partial charge is 0.262 e. The first-order valence-electron chi connectivity index (χ1n) is 10.7. The normalized spacial score (nSPS) is 12.7. The molecule has 3 aromatic heterocycles. The van der Waals surface area contributed by atoms with Crippen molar-refractivity contribution in [1.82, 2.24) is 24.3 Å². The average molecular weight is 455 g/mol. The Hall–Kier alpha value is -3.14. The first kappa shape index (κ1) is 22.1. The molecule has 0 aliphatic carbocycles. The summed E-state index contributed by atoms with van der Waals surface area (Å²) in [6.07, 6.45) is 1.42. The minimum absolute atomic E-state index is 0.0797. The van der Waals surface area contributed by atoms with Gasteiger partial charge in [-0.3, -0.25) is 18.6 Å². The van der Waals surface area contributed by atoms with Gasteiger partial charge in [0.2, 0.25) is 11.7 Å². The minimum Gasteiger partial charge on any atom is -0.360 e. The molecular formula is C22H26N6O3S. The highest BCUT2D eigenvalue weighted by Gasteiger charge is 2.24. The van der Waals surface area contributed by atoms with Gasteiger partial charge in [0.05, 0.1) is 16.2 Å². The number of aromatic nitrogens is 5. The number of amides is 1. The number of para-hydroxylation sites is 1. The van der Waals surface area contributed by atoms with E-state index < -0.39 is 5.25 Å². The van der Waals surface area contributed by atoms with Crippen LogP contribution < -0.4 is 10.9 Å². The van der Waals surface area contributed by atoms with E-state index in [2.05, 4.69) is 34.5 Å². The maximum absolute atomic E-state index is 13.2. The summed E-state index contributed by atoms with van der Waals surface area (Å²) in [5.41, 5.74) is 0.645. The minimum atomic E-state index is -0.422. The van der Waals surface area contributed by atoms with E-state index in [4.69, 9.17) is 4.52 Å². The molecule has 1 aromatic carbocycles. The molecule has 4 rings (SSSR count). The fraction of sp³-hybridized carbons (Fsp3) is 0.409. The lowest BCUT2D eigenvalue weighted by atomic mass is 10.1. The van der Waals surface area contributed by atoms with Crippen molar-refractivity contribution in [3.8, 4) is 0 Å². The lowest BCUT2D eigenvalue weighted by Crippen LogP contribution is -2.26. The molecule has 1 atom stereocenters. The summed E-state index contributed by atoms with van der Waals surface area (Å²) in [5.74, 6) is 1.73. The number of nitrogens with one attached hydrogen (secondary N) is 1. The van der Waals surface area contributed by atoms with E-state index in [0.29, 0.717) is 46.8 Å². The van der Waals surface area contributed by atoms with Gasteiger partial charge in [-0.25, -0.2) is 0 Å². The van der Waals surface area contributed by atoms with Gasteiger partial charge >= 0.3 is 0 Å². The van der Waals surface area contributed by atoms with Crippen molar-refractivity contribution in [3.05, 3.63) is 46.4 Å². The van der Waals surface area contributed by atoms with Crippen LogP contribution in [0.3, 0.4) is 0 Å². The van der Waals surface area contributed by atoms with E-state index in [9.17, 15) is 9.59 Å². The van der Waals surface area contributed by atoms with E-state index >= 15 is 0 Å². The van der Waals surface area contributed by atoms with Gasteiger partial charge in [0.25, 0.3) is 5.56 Å². The molecule has 0 fully saturated rings. The highest BCUT2D eigenvalue weighted by atomic mass is 32.2.